The Morgan fingerprint density at radius 2 is 1.12 bits per heavy atom. The molecule has 7 nitrogen and oxygen atoms in total. The van der Waals surface area contributed by atoms with Crippen LogP contribution in [0.15, 0.2) is 0 Å². The predicted octanol–water partition coefficient (Wildman–Crippen LogP) is 2.16. The minimum absolute atomic E-state index is 0.00820. The van der Waals surface area contributed by atoms with Gasteiger partial charge < -0.3 is 24.6 Å². The van der Waals surface area contributed by atoms with Gasteiger partial charge >= 0.3 is 32.8 Å². The Kier molecular flexibility index (Phi) is 11.7. The van der Waals surface area contributed by atoms with Crippen molar-refractivity contribution < 1.29 is 49.9 Å². The van der Waals surface area contributed by atoms with E-state index < -0.39 is 32.8 Å². The molecule has 0 aliphatic carbocycles. The number of hydrogen-bond donors (Lipinski definition) is 3. The third kappa shape index (κ3) is 13.1. The number of rotatable bonds is 12. The van der Waals surface area contributed by atoms with Gasteiger partial charge in [0.1, 0.15) is 0 Å². The lowest BCUT2D eigenvalue weighted by Gasteiger charge is -2.11. The molecule has 0 saturated carbocycles. The van der Waals surface area contributed by atoms with E-state index in [-0.39, 0.29) is 52.0 Å². The molecule has 0 unspecified atom stereocenters. The highest BCUT2D eigenvalue weighted by Crippen LogP contribution is 2.33. The zero-order chi connectivity index (χ0) is 20.2. The first-order chi connectivity index (χ1) is 11.9. The van der Waals surface area contributed by atoms with Crippen molar-refractivity contribution in [3.63, 3.8) is 0 Å². The van der Waals surface area contributed by atoms with Crippen molar-refractivity contribution >= 4 is 20.4 Å². The van der Waals surface area contributed by atoms with Gasteiger partial charge in [-0.3, -0.25) is 9.59 Å². The van der Waals surface area contributed by atoms with Crippen molar-refractivity contribution in [3.05, 3.63) is 0 Å². The molecule has 0 saturated heterocycles. The van der Waals surface area contributed by atoms with E-state index in [1.54, 1.807) is 10.6 Å². The molecule has 154 valence electrons. The van der Waals surface area contributed by atoms with Gasteiger partial charge in [0.15, 0.2) is 0 Å². The van der Waals surface area contributed by atoms with Crippen LogP contribution in [0, 0.1) is 0 Å². The van der Waals surface area contributed by atoms with Gasteiger partial charge in [-0.1, -0.05) is 0 Å². The molecule has 0 heterocycles. The van der Waals surface area contributed by atoms with Crippen LogP contribution in [0.1, 0.15) is 25.7 Å². The van der Waals surface area contributed by atoms with Gasteiger partial charge in [0.25, 0.3) is 0 Å². The molecule has 0 atom stereocenters. The molecule has 0 radical (unpaired) electrons. The van der Waals surface area contributed by atoms with E-state index >= 15 is 0 Å². The molecular weight excluding hydrogens is 397 g/mol. The van der Waals surface area contributed by atoms with Crippen molar-refractivity contribution in [3.8, 4) is 0 Å². The summed E-state index contributed by atoms with van der Waals surface area (Å²) in [5, 5.41) is 3.35. The molecule has 0 aliphatic rings. The summed E-state index contributed by atoms with van der Waals surface area (Å²) < 4.78 is 80.9. The van der Waals surface area contributed by atoms with Crippen LogP contribution < -0.4 is 10.6 Å². The van der Waals surface area contributed by atoms with E-state index in [4.69, 9.17) is 9.05 Å². The number of nitrogens with one attached hydrogen (secondary N) is 2. The van der Waals surface area contributed by atoms with E-state index in [2.05, 4.69) is 0 Å². The summed E-state index contributed by atoms with van der Waals surface area (Å²) in [6.07, 6.45) is -8.93. The fourth-order valence-corrected chi connectivity index (χ4v) is 2.03. The highest BCUT2D eigenvalue weighted by atomic mass is 31.2. The molecule has 26 heavy (non-hydrogen) atoms. The second kappa shape index (κ2) is 12.3. The molecule has 3 N–H and O–H groups in total. The Labute approximate surface area is 146 Å². The molecule has 14 heteroatoms. The van der Waals surface area contributed by atoms with Gasteiger partial charge in [-0.2, -0.15) is 26.3 Å². The average molecular weight is 416 g/mol. The van der Waals surface area contributed by atoms with Gasteiger partial charge in [-0.25, -0.2) is 0 Å². The first-order valence-electron chi connectivity index (χ1n) is 7.39. The van der Waals surface area contributed by atoms with Crippen molar-refractivity contribution in [1.82, 2.24) is 10.6 Å². The summed E-state index contributed by atoms with van der Waals surface area (Å²) in [6, 6.07) is 0. The summed E-state index contributed by atoms with van der Waals surface area (Å²) in [5.74, 6) is -4.06. The molecule has 0 fully saturated rings. The summed E-state index contributed by atoms with van der Waals surface area (Å²) in [7, 11) is -2.22. The van der Waals surface area contributed by atoms with Crippen molar-refractivity contribution in [2.75, 3.05) is 26.3 Å². The minimum atomic E-state index is -4.93. The largest absolute Gasteiger partial charge is 0.471 e. The highest BCUT2D eigenvalue weighted by Gasteiger charge is 2.38. The van der Waals surface area contributed by atoms with Crippen molar-refractivity contribution in [2.24, 2.45) is 0 Å². The number of halogens is 6. The van der Waals surface area contributed by atoms with Crippen LogP contribution >= 0.6 is 8.60 Å². The van der Waals surface area contributed by atoms with Crippen LogP contribution in [0.3, 0.4) is 0 Å². The molecular formula is C12H19F6N2O5P. The maximum atomic E-state index is 11.9. The first kappa shape index (κ1) is 24.8. The zero-order valence-corrected chi connectivity index (χ0v) is 14.3. The number of carbonyl (C=O) groups excluding carboxylic acids is 2. The third-order valence-corrected chi connectivity index (χ3v) is 3.44. The Bertz CT molecular complexity index is 397. The van der Waals surface area contributed by atoms with Crippen molar-refractivity contribution in [2.45, 2.75) is 38.0 Å². The summed E-state index contributed by atoms with van der Waals surface area (Å²) in [4.78, 5) is 30.3. The topological polar surface area (TPSA) is 96.9 Å². The molecule has 0 aliphatic heterocycles. The summed E-state index contributed by atoms with van der Waals surface area (Å²) in [6.45, 7) is -0.414. The first-order valence-corrected chi connectivity index (χ1v) is 8.52. The summed E-state index contributed by atoms with van der Waals surface area (Å²) in [5.41, 5.74) is 0. The summed E-state index contributed by atoms with van der Waals surface area (Å²) >= 11 is 0. The predicted molar refractivity (Wildman–Crippen MR) is 77.6 cm³/mol. The lowest BCUT2D eigenvalue weighted by atomic mass is 10.3. The number of hydrogen-bond acceptors (Lipinski definition) is 5. The molecule has 0 aromatic heterocycles. The molecule has 0 aromatic carbocycles. The molecule has 2 amide bonds. The molecule has 0 aromatic rings. The van der Waals surface area contributed by atoms with Crippen LogP contribution in [-0.4, -0.2) is 55.4 Å². The number of alkyl halides is 6. The van der Waals surface area contributed by atoms with Crippen LogP contribution in [0.4, 0.5) is 26.3 Å². The van der Waals surface area contributed by atoms with Crippen LogP contribution in [-0.2, 0) is 18.6 Å². The number of unbranched alkanes of at least 4 members (excludes halogenated alkanes) is 2. The second-order valence-corrected chi connectivity index (χ2v) is 5.82. The van der Waals surface area contributed by atoms with Crippen LogP contribution in [0.5, 0.6) is 0 Å². The third-order valence-electron chi connectivity index (χ3n) is 2.63. The van der Waals surface area contributed by atoms with Gasteiger partial charge in [-0.15, -0.1) is 0 Å². The molecule has 0 bridgehead atoms. The van der Waals surface area contributed by atoms with Gasteiger partial charge in [0.05, 0.1) is 13.2 Å². The SMILES string of the molecule is O=C(NCCCCOP(O)OCCCCNC(=O)C(F)(F)F)C(F)(F)F. The zero-order valence-electron chi connectivity index (χ0n) is 13.5. The van der Waals surface area contributed by atoms with Gasteiger partial charge in [0.2, 0.25) is 0 Å². The fraction of sp³-hybridized carbons (Fsp3) is 0.833. The lowest BCUT2D eigenvalue weighted by Crippen LogP contribution is -2.37. The lowest BCUT2D eigenvalue weighted by molar-refractivity contribution is -0.173. The van der Waals surface area contributed by atoms with E-state index in [0.717, 1.165) is 0 Å². The maximum absolute atomic E-state index is 11.9. The second-order valence-electron chi connectivity index (χ2n) is 4.83. The van der Waals surface area contributed by atoms with E-state index in [1.807, 2.05) is 0 Å². The number of amides is 2. The monoisotopic (exact) mass is 416 g/mol. The highest BCUT2D eigenvalue weighted by molar-refractivity contribution is 7.40. The average Bonchev–Trinajstić information content (AvgIpc) is 2.51. The van der Waals surface area contributed by atoms with E-state index in [1.165, 1.54) is 0 Å². The van der Waals surface area contributed by atoms with Crippen molar-refractivity contribution in [1.29, 1.82) is 0 Å². The Hall–Kier alpha value is -1.17. The maximum Gasteiger partial charge on any atom is 0.471 e. The molecule has 0 rings (SSSR count). The minimum Gasteiger partial charge on any atom is -0.348 e. The van der Waals surface area contributed by atoms with E-state index in [9.17, 15) is 40.8 Å². The normalized spacial score (nSPS) is 12.3. The van der Waals surface area contributed by atoms with Gasteiger partial charge in [0, 0.05) is 13.1 Å². The standard InChI is InChI=1S/C12H19F6N2O5P/c13-11(14,15)9(21)19-5-1-3-7-24-26(23)25-8-4-2-6-20-10(22)12(16,17)18/h23H,1-8H2,(H,19,21)(H,20,22). The Morgan fingerprint density at radius 3 is 1.42 bits per heavy atom. The van der Waals surface area contributed by atoms with Crippen LogP contribution in [0.25, 0.3) is 0 Å². The van der Waals surface area contributed by atoms with Crippen LogP contribution in [0.2, 0.25) is 0 Å². The Balaban J connectivity index is 3.49. The van der Waals surface area contributed by atoms with E-state index in [0.29, 0.717) is 0 Å². The fourth-order valence-electron chi connectivity index (χ4n) is 1.38. The Morgan fingerprint density at radius 1 is 0.769 bits per heavy atom. The van der Waals surface area contributed by atoms with Gasteiger partial charge in [-0.05, 0) is 25.7 Å². The molecule has 0 spiro atoms. The smallest absolute Gasteiger partial charge is 0.348 e. The number of carbonyl (C=O) groups is 2. The quantitative estimate of drug-likeness (QED) is 0.257.